The molecule has 0 aliphatic carbocycles. The zero-order chi connectivity index (χ0) is 16.9. The molecule has 0 amide bonds. The summed E-state index contributed by atoms with van der Waals surface area (Å²) in [5, 5.41) is 3.23. The summed E-state index contributed by atoms with van der Waals surface area (Å²) in [6.07, 6.45) is 1.13. The molecule has 1 rings (SSSR count). The highest BCUT2D eigenvalue weighted by atomic mass is 127. The molecule has 6 nitrogen and oxygen atoms in total. The number of carbonyl (C=O) groups excluding carboxylic acids is 1. The van der Waals surface area contributed by atoms with Gasteiger partial charge < -0.3 is 19.7 Å². The van der Waals surface area contributed by atoms with Gasteiger partial charge in [-0.25, -0.2) is 0 Å². The van der Waals surface area contributed by atoms with Crippen molar-refractivity contribution in [3.63, 3.8) is 0 Å². The summed E-state index contributed by atoms with van der Waals surface area (Å²) in [5.41, 5.74) is 0. The number of aliphatic imine (C=N–C) groups is 1. The van der Waals surface area contributed by atoms with Crippen molar-refractivity contribution in [2.45, 2.75) is 19.8 Å². The van der Waals surface area contributed by atoms with Gasteiger partial charge in [-0.3, -0.25) is 9.79 Å². The zero-order valence-corrected chi connectivity index (χ0v) is 17.0. The molecule has 0 fully saturated rings. The monoisotopic (exact) mass is 449 g/mol. The maximum absolute atomic E-state index is 11.3. The standard InChI is InChI=1S/C17H27N3O3.HI/c1-4-22-16(21)11-8-12-19-17(18-2)20(3)13-14-23-15-9-6-5-7-10-15;/h5-7,9-10H,4,8,11-14H2,1-3H3,(H,18,19);1H. The number of benzene rings is 1. The number of nitrogens with one attached hydrogen (secondary N) is 1. The van der Waals surface area contributed by atoms with Crippen LogP contribution in [0.25, 0.3) is 0 Å². The minimum Gasteiger partial charge on any atom is -0.492 e. The second kappa shape index (κ2) is 13.9. The second-order valence-corrected chi connectivity index (χ2v) is 4.97. The average molecular weight is 449 g/mol. The molecule has 1 aromatic rings. The molecule has 0 unspecified atom stereocenters. The Morgan fingerprint density at radius 1 is 1.29 bits per heavy atom. The molecule has 24 heavy (non-hydrogen) atoms. The molecular formula is C17H28IN3O3. The van der Waals surface area contributed by atoms with Gasteiger partial charge in [0.15, 0.2) is 5.96 Å². The minimum atomic E-state index is -0.158. The molecule has 136 valence electrons. The van der Waals surface area contributed by atoms with Crippen LogP contribution in [-0.2, 0) is 9.53 Å². The first kappa shape index (κ1) is 22.5. The van der Waals surface area contributed by atoms with Gasteiger partial charge in [-0.15, -0.1) is 24.0 Å². The number of likely N-dealkylation sites (N-methyl/N-ethyl adjacent to an activating group) is 1. The molecule has 0 bridgehead atoms. The lowest BCUT2D eigenvalue weighted by molar-refractivity contribution is -0.143. The van der Waals surface area contributed by atoms with E-state index in [4.69, 9.17) is 9.47 Å². The second-order valence-electron chi connectivity index (χ2n) is 4.97. The van der Waals surface area contributed by atoms with Crippen LogP contribution in [0.15, 0.2) is 35.3 Å². The molecular weight excluding hydrogens is 421 g/mol. The fraction of sp³-hybridized carbons (Fsp3) is 0.529. The Morgan fingerprint density at radius 3 is 2.62 bits per heavy atom. The van der Waals surface area contributed by atoms with Gasteiger partial charge in [0.2, 0.25) is 0 Å². The van der Waals surface area contributed by atoms with Crippen molar-refractivity contribution < 1.29 is 14.3 Å². The van der Waals surface area contributed by atoms with Gasteiger partial charge in [0.05, 0.1) is 13.2 Å². The molecule has 0 heterocycles. The lowest BCUT2D eigenvalue weighted by atomic mass is 10.3. The normalized spacial score (nSPS) is 10.5. The van der Waals surface area contributed by atoms with Gasteiger partial charge in [-0.2, -0.15) is 0 Å². The summed E-state index contributed by atoms with van der Waals surface area (Å²) in [6.45, 7) is 4.20. The molecule has 7 heteroatoms. The van der Waals surface area contributed by atoms with Crippen LogP contribution >= 0.6 is 24.0 Å². The highest BCUT2D eigenvalue weighted by molar-refractivity contribution is 14.0. The predicted octanol–water partition coefficient (Wildman–Crippen LogP) is 2.53. The fourth-order valence-corrected chi connectivity index (χ4v) is 1.97. The predicted molar refractivity (Wildman–Crippen MR) is 107 cm³/mol. The number of guanidine groups is 1. The molecule has 0 saturated carbocycles. The van der Waals surface area contributed by atoms with Crippen molar-refractivity contribution in [3.05, 3.63) is 30.3 Å². The van der Waals surface area contributed by atoms with Crippen LogP contribution in [-0.4, -0.2) is 57.2 Å². The molecule has 0 atom stereocenters. The third kappa shape index (κ3) is 9.59. The number of esters is 1. The Kier molecular flexibility index (Phi) is 13.0. The first-order valence-corrected chi connectivity index (χ1v) is 7.92. The Labute approximate surface area is 161 Å². The van der Waals surface area contributed by atoms with Crippen LogP contribution in [0.3, 0.4) is 0 Å². The van der Waals surface area contributed by atoms with E-state index >= 15 is 0 Å². The van der Waals surface area contributed by atoms with Crippen LogP contribution in [0.1, 0.15) is 19.8 Å². The Balaban J connectivity index is 0.00000529. The van der Waals surface area contributed by atoms with E-state index in [2.05, 4.69) is 10.3 Å². The summed E-state index contributed by atoms with van der Waals surface area (Å²) < 4.78 is 10.6. The van der Waals surface area contributed by atoms with E-state index < -0.39 is 0 Å². The van der Waals surface area contributed by atoms with Gasteiger partial charge in [0.25, 0.3) is 0 Å². The molecule has 0 aliphatic rings. The van der Waals surface area contributed by atoms with Crippen LogP contribution in [0.5, 0.6) is 5.75 Å². The summed E-state index contributed by atoms with van der Waals surface area (Å²) in [4.78, 5) is 17.5. The fourth-order valence-electron chi connectivity index (χ4n) is 1.97. The SMILES string of the molecule is CCOC(=O)CCCNC(=NC)N(C)CCOc1ccccc1.I. The van der Waals surface area contributed by atoms with E-state index in [0.717, 1.165) is 11.7 Å². The topological polar surface area (TPSA) is 63.2 Å². The van der Waals surface area contributed by atoms with Crippen LogP contribution in [0.4, 0.5) is 0 Å². The summed E-state index contributed by atoms with van der Waals surface area (Å²) in [5.74, 6) is 1.48. The minimum absolute atomic E-state index is 0. The lowest BCUT2D eigenvalue weighted by Crippen LogP contribution is -2.41. The first-order chi connectivity index (χ1) is 11.2. The lowest BCUT2D eigenvalue weighted by Gasteiger charge is -2.22. The molecule has 0 aliphatic heterocycles. The Morgan fingerprint density at radius 2 is 2.00 bits per heavy atom. The summed E-state index contributed by atoms with van der Waals surface area (Å²) in [7, 11) is 3.69. The molecule has 0 spiro atoms. The van der Waals surface area contributed by atoms with Crippen LogP contribution < -0.4 is 10.1 Å². The number of para-hydroxylation sites is 1. The van der Waals surface area contributed by atoms with E-state index in [0.29, 0.717) is 39.1 Å². The van der Waals surface area contributed by atoms with Gasteiger partial charge in [0, 0.05) is 27.1 Å². The van der Waals surface area contributed by atoms with E-state index in [1.54, 1.807) is 7.05 Å². The summed E-state index contributed by atoms with van der Waals surface area (Å²) in [6, 6.07) is 9.72. The highest BCUT2D eigenvalue weighted by Gasteiger charge is 2.06. The maximum atomic E-state index is 11.3. The van der Waals surface area contributed by atoms with E-state index in [1.807, 2.05) is 49.2 Å². The number of halogens is 1. The number of rotatable bonds is 9. The van der Waals surface area contributed by atoms with Crippen molar-refractivity contribution >= 4 is 35.9 Å². The van der Waals surface area contributed by atoms with E-state index in [1.165, 1.54) is 0 Å². The van der Waals surface area contributed by atoms with Gasteiger partial charge >= 0.3 is 5.97 Å². The molecule has 0 aromatic heterocycles. The Hall–Kier alpha value is -1.51. The van der Waals surface area contributed by atoms with Crippen LogP contribution in [0.2, 0.25) is 0 Å². The molecule has 0 radical (unpaired) electrons. The maximum Gasteiger partial charge on any atom is 0.305 e. The third-order valence-electron chi connectivity index (χ3n) is 3.16. The average Bonchev–Trinajstić information content (AvgIpc) is 2.56. The number of hydrogen-bond acceptors (Lipinski definition) is 4. The molecule has 1 aromatic carbocycles. The number of nitrogens with zero attached hydrogens (tertiary/aromatic N) is 2. The van der Waals surface area contributed by atoms with E-state index in [9.17, 15) is 4.79 Å². The largest absolute Gasteiger partial charge is 0.492 e. The molecule has 1 N–H and O–H groups in total. The van der Waals surface area contributed by atoms with Crippen molar-refractivity contribution in [2.75, 3.05) is 40.4 Å². The highest BCUT2D eigenvalue weighted by Crippen LogP contribution is 2.07. The molecule has 0 saturated heterocycles. The zero-order valence-electron chi connectivity index (χ0n) is 14.7. The van der Waals surface area contributed by atoms with Crippen molar-refractivity contribution in [1.82, 2.24) is 10.2 Å². The van der Waals surface area contributed by atoms with Crippen molar-refractivity contribution in [1.29, 1.82) is 0 Å². The number of carbonyl (C=O) groups is 1. The quantitative estimate of drug-likeness (QED) is 0.207. The van der Waals surface area contributed by atoms with Crippen molar-refractivity contribution in [3.8, 4) is 5.75 Å². The van der Waals surface area contributed by atoms with Gasteiger partial charge in [-0.05, 0) is 25.5 Å². The first-order valence-electron chi connectivity index (χ1n) is 7.92. The number of ether oxygens (including phenoxy) is 2. The number of hydrogen-bond donors (Lipinski definition) is 1. The van der Waals surface area contributed by atoms with Gasteiger partial charge in [-0.1, -0.05) is 18.2 Å². The summed E-state index contributed by atoms with van der Waals surface area (Å²) >= 11 is 0. The van der Waals surface area contributed by atoms with E-state index in [-0.39, 0.29) is 29.9 Å². The van der Waals surface area contributed by atoms with Crippen molar-refractivity contribution in [2.24, 2.45) is 4.99 Å². The Bertz CT molecular complexity index is 483. The smallest absolute Gasteiger partial charge is 0.305 e. The van der Waals surface area contributed by atoms with Gasteiger partial charge in [0.1, 0.15) is 12.4 Å². The third-order valence-corrected chi connectivity index (χ3v) is 3.16. The van der Waals surface area contributed by atoms with Crippen LogP contribution in [0, 0.1) is 0 Å².